The standard InChI is InChI=1S/C36H56O8/c1-8-9-10-11-12-13-14-15-16-17-29(39)44-35-20-24(3)34-19-23(2)32(43-26(5)38)36(34,41)31(40)28(22-42-25(4)37)18-27(21-34)30(35)33(35,6)7/h18-19,24,27,30-32,40-41H,8-17,20-22H2,1-7H3. The van der Waals surface area contributed by atoms with E-state index in [4.69, 9.17) is 14.2 Å². The first-order valence-electron chi connectivity index (χ1n) is 17.0. The maximum atomic E-state index is 13.4. The Morgan fingerprint density at radius 1 is 0.955 bits per heavy atom. The molecule has 4 aliphatic carbocycles. The molecular formula is C36H56O8. The molecule has 0 radical (unpaired) electrons. The number of carbonyl (C=O) groups is 3. The summed E-state index contributed by atoms with van der Waals surface area (Å²) in [5, 5.41) is 24.5. The Morgan fingerprint density at radius 2 is 1.57 bits per heavy atom. The van der Waals surface area contributed by atoms with Gasteiger partial charge < -0.3 is 24.4 Å². The lowest BCUT2D eigenvalue weighted by Crippen LogP contribution is -2.63. The van der Waals surface area contributed by atoms with E-state index in [-0.39, 0.29) is 35.7 Å². The van der Waals surface area contributed by atoms with Crippen LogP contribution < -0.4 is 0 Å². The van der Waals surface area contributed by atoms with E-state index in [0.717, 1.165) is 19.3 Å². The molecule has 0 aromatic rings. The highest BCUT2D eigenvalue weighted by atomic mass is 16.6. The van der Waals surface area contributed by atoms with Crippen molar-refractivity contribution in [3.05, 3.63) is 23.3 Å². The molecule has 2 fully saturated rings. The number of fused-ring (bicyclic) bond motifs is 3. The van der Waals surface area contributed by atoms with Crippen LogP contribution in [0.3, 0.4) is 0 Å². The topological polar surface area (TPSA) is 119 Å². The Bertz CT molecular complexity index is 1150. The van der Waals surface area contributed by atoms with Crippen LogP contribution in [-0.2, 0) is 28.6 Å². The number of carbonyl (C=O) groups excluding carboxylic acids is 3. The van der Waals surface area contributed by atoms with Crippen molar-refractivity contribution >= 4 is 17.9 Å². The van der Waals surface area contributed by atoms with Gasteiger partial charge in [0.25, 0.3) is 0 Å². The molecule has 0 saturated heterocycles. The second-order valence-electron chi connectivity index (χ2n) is 14.8. The predicted molar refractivity (Wildman–Crippen MR) is 167 cm³/mol. The summed E-state index contributed by atoms with van der Waals surface area (Å²) < 4.78 is 17.5. The van der Waals surface area contributed by atoms with Gasteiger partial charge in [0.1, 0.15) is 23.9 Å². The van der Waals surface area contributed by atoms with Gasteiger partial charge in [-0.2, -0.15) is 0 Å². The van der Waals surface area contributed by atoms with Crippen LogP contribution in [-0.4, -0.2) is 58.1 Å². The number of hydrogen-bond acceptors (Lipinski definition) is 8. The molecule has 0 heterocycles. The first-order valence-corrected chi connectivity index (χ1v) is 17.0. The fourth-order valence-corrected chi connectivity index (χ4v) is 9.35. The van der Waals surface area contributed by atoms with Gasteiger partial charge in [-0.25, -0.2) is 0 Å². The zero-order chi connectivity index (χ0) is 32.5. The lowest BCUT2D eigenvalue weighted by molar-refractivity contribution is -0.204. The zero-order valence-electron chi connectivity index (χ0n) is 28.1. The van der Waals surface area contributed by atoms with Gasteiger partial charge >= 0.3 is 17.9 Å². The van der Waals surface area contributed by atoms with Crippen molar-refractivity contribution in [1.29, 1.82) is 0 Å². The summed E-state index contributed by atoms with van der Waals surface area (Å²) in [5.41, 5.74) is -2.86. The number of rotatable bonds is 14. The molecule has 0 aromatic carbocycles. The molecule has 4 rings (SSSR count). The number of aliphatic hydroxyl groups excluding tert-OH is 1. The summed E-state index contributed by atoms with van der Waals surface area (Å²) in [4.78, 5) is 37.4. The third-order valence-electron chi connectivity index (χ3n) is 11.5. The Morgan fingerprint density at radius 3 is 2.16 bits per heavy atom. The van der Waals surface area contributed by atoms with E-state index in [1.807, 2.05) is 26.0 Å². The van der Waals surface area contributed by atoms with Crippen LogP contribution >= 0.6 is 0 Å². The number of hydrogen-bond donors (Lipinski definition) is 2. The second kappa shape index (κ2) is 13.3. The Balaban J connectivity index is 1.58. The van der Waals surface area contributed by atoms with Crippen LogP contribution in [0.15, 0.2) is 23.3 Å². The summed E-state index contributed by atoms with van der Waals surface area (Å²) in [6.45, 7) is 12.8. The summed E-state index contributed by atoms with van der Waals surface area (Å²) in [5.74, 6) is -1.69. The normalized spacial score (nSPS) is 36.5. The van der Waals surface area contributed by atoms with E-state index >= 15 is 0 Å². The zero-order valence-corrected chi connectivity index (χ0v) is 28.1. The molecule has 248 valence electrons. The molecule has 1 spiro atoms. The minimum absolute atomic E-state index is 0.0488. The largest absolute Gasteiger partial charge is 0.461 e. The fourth-order valence-electron chi connectivity index (χ4n) is 9.35. The van der Waals surface area contributed by atoms with Gasteiger partial charge in [-0.1, -0.05) is 91.2 Å². The minimum Gasteiger partial charge on any atom is -0.461 e. The molecule has 2 N–H and O–H groups in total. The van der Waals surface area contributed by atoms with Crippen molar-refractivity contribution in [3.8, 4) is 0 Å². The van der Waals surface area contributed by atoms with Crippen molar-refractivity contribution in [2.45, 2.75) is 149 Å². The monoisotopic (exact) mass is 616 g/mol. The van der Waals surface area contributed by atoms with Crippen LogP contribution in [0.2, 0.25) is 0 Å². The van der Waals surface area contributed by atoms with Gasteiger partial charge in [0.2, 0.25) is 0 Å². The predicted octanol–water partition coefficient (Wildman–Crippen LogP) is 6.36. The average molecular weight is 617 g/mol. The van der Waals surface area contributed by atoms with Gasteiger partial charge in [0.15, 0.2) is 6.10 Å². The quantitative estimate of drug-likeness (QED) is 0.100. The molecule has 44 heavy (non-hydrogen) atoms. The molecule has 8 heteroatoms. The fraction of sp³-hybridized carbons (Fsp3) is 0.806. The van der Waals surface area contributed by atoms with Gasteiger partial charge in [0.05, 0.1) is 0 Å². The van der Waals surface area contributed by atoms with E-state index in [0.29, 0.717) is 30.4 Å². The van der Waals surface area contributed by atoms with Crippen molar-refractivity contribution in [2.75, 3.05) is 6.61 Å². The molecule has 8 nitrogen and oxygen atoms in total. The van der Waals surface area contributed by atoms with Crippen LogP contribution in [0, 0.1) is 28.6 Å². The summed E-state index contributed by atoms with van der Waals surface area (Å²) >= 11 is 0. The number of unbranched alkanes of at least 4 members (excludes halogenated alkanes) is 8. The molecule has 8 unspecified atom stereocenters. The second-order valence-corrected chi connectivity index (χ2v) is 14.8. The van der Waals surface area contributed by atoms with Gasteiger partial charge in [0, 0.05) is 37.0 Å². The average Bonchev–Trinajstić information content (AvgIpc) is 3.38. The lowest BCUT2D eigenvalue weighted by Gasteiger charge is -2.50. The maximum Gasteiger partial charge on any atom is 0.306 e. The van der Waals surface area contributed by atoms with Crippen LogP contribution in [0.25, 0.3) is 0 Å². The van der Waals surface area contributed by atoms with Crippen molar-refractivity contribution in [1.82, 2.24) is 0 Å². The number of aliphatic hydroxyl groups is 2. The third-order valence-corrected chi connectivity index (χ3v) is 11.5. The third kappa shape index (κ3) is 6.02. The van der Waals surface area contributed by atoms with Crippen molar-refractivity contribution < 1.29 is 38.8 Å². The maximum absolute atomic E-state index is 13.4. The highest BCUT2D eigenvalue weighted by Crippen LogP contribution is 2.76. The minimum atomic E-state index is -1.88. The molecular weight excluding hydrogens is 560 g/mol. The highest BCUT2D eigenvalue weighted by Gasteiger charge is 2.81. The molecule has 4 aliphatic rings. The van der Waals surface area contributed by atoms with E-state index < -0.39 is 40.8 Å². The van der Waals surface area contributed by atoms with Gasteiger partial charge in [-0.3, -0.25) is 14.4 Å². The van der Waals surface area contributed by atoms with Crippen LogP contribution in [0.1, 0.15) is 126 Å². The Hall–Kier alpha value is -2.19. The SMILES string of the molecule is CCCCCCCCCCCC(=O)OC12CC(C)C34C=C(C)C(OC(C)=O)C3(O)C(O)C(COC(C)=O)=CC(C4)C1C2(C)C. The first-order chi connectivity index (χ1) is 20.7. The van der Waals surface area contributed by atoms with E-state index in [9.17, 15) is 24.6 Å². The number of esters is 3. The number of ether oxygens (including phenoxy) is 3. The molecule has 8 atom stereocenters. The lowest BCUT2D eigenvalue weighted by atomic mass is 9.59. The molecule has 0 aromatic heterocycles. The van der Waals surface area contributed by atoms with E-state index in [2.05, 4.69) is 20.8 Å². The smallest absolute Gasteiger partial charge is 0.306 e. The van der Waals surface area contributed by atoms with Crippen molar-refractivity contribution in [2.24, 2.45) is 28.6 Å². The van der Waals surface area contributed by atoms with Crippen LogP contribution in [0.5, 0.6) is 0 Å². The van der Waals surface area contributed by atoms with Crippen molar-refractivity contribution in [3.63, 3.8) is 0 Å². The Labute approximate surface area is 264 Å². The highest BCUT2D eigenvalue weighted by molar-refractivity contribution is 5.71. The first kappa shape index (κ1) is 34.7. The number of allylic oxidation sites excluding steroid dienone is 1. The van der Waals surface area contributed by atoms with E-state index in [1.54, 1.807) is 0 Å². The van der Waals surface area contributed by atoms with Gasteiger partial charge in [-0.05, 0) is 49.2 Å². The summed E-state index contributed by atoms with van der Waals surface area (Å²) in [7, 11) is 0. The summed E-state index contributed by atoms with van der Waals surface area (Å²) in [6.07, 6.45) is 13.4. The molecule has 2 saturated carbocycles. The molecule has 0 amide bonds. The Kier molecular flexibility index (Phi) is 10.5. The van der Waals surface area contributed by atoms with Crippen LogP contribution in [0.4, 0.5) is 0 Å². The molecule has 2 bridgehead atoms. The van der Waals surface area contributed by atoms with Gasteiger partial charge in [-0.15, -0.1) is 0 Å². The summed E-state index contributed by atoms with van der Waals surface area (Å²) in [6, 6.07) is 0. The van der Waals surface area contributed by atoms with E-state index in [1.165, 1.54) is 52.4 Å². The molecule has 0 aliphatic heterocycles.